The highest BCUT2D eigenvalue weighted by molar-refractivity contribution is 6.42. The van der Waals surface area contributed by atoms with E-state index in [0.717, 1.165) is 16.8 Å². The van der Waals surface area contributed by atoms with Crippen LogP contribution in [0.3, 0.4) is 0 Å². The number of halogens is 2. The highest BCUT2D eigenvalue weighted by Gasteiger charge is 2.11. The van der Waals surface area contributed by atoms with Crippen LogP contribution >= 0.6 is 23.2 Å². The number of aromatic nitrogens is 1. The van der Waals surface area contributed by atoms with Gasteiger partial charge in [-0.15, -0.1) is 0 Å². The number of aliphatic hydroxyl groups is 1. The summed E-state index contributed by atoms with van der Waals surface area (Å²) >= 11 is 11.9. The second-order valence-electron chi connectivity index (χ2n) is 6.01. The summed E-state index contributed by atoms with van der Waals surface area (Å²) in [7, 11) is 1.94. The fraction of sp³-hybridized carbons (Fsp3) is 0.150. The Balaban J connectivity index is 1.82. The second kappa shape index (κ2) is 7.96. The van der Waals surface area contributed by atoms with Gasteiger partial charge in [-0.25, -0.2) is 0 Å². The summed E-state index contributed by atoms with van der Waals surface area (Å²) in [6.45, 7) is 0.198. The molecule has 0 aliphatic carbocycles. The van der Waals surface area contributed by atoms with Crippen molar-refractivity contribution in [1.29, 1.82) is 0 Å². The van der Waals surface area contributed by atoms with Crippen LogP contribution < -0.4 is 5.32 Å². The van der Waals surface area contributed by atoms with E-state index in [1.807, 2.05) is 48.1 Å². The molecule has 1 aromatic heterocycles. The van der Waals surface area contributed by atoms with Crippen LogP contribution in [-0.2, 0) is 20.2 Å². The minimum Gasteiger partial charge on any atom is -0.392 e. The van der Waals surface area contributed by atoms with Gasteiger partial charge in [0, 0.05) is 31.0 Å². The van der Waals surface area contributed by atoms with Gasteiger partial charge in [0.25, 0.3) is 5.91 Å². The van der Waals surface area contributed by atoms with E-state index in [-0.39, 0.29) is 12.5 Å². The van der Waals surface area contributed by atoms with Crippen LogP contribution in [0.4, 0.5) is 0 Å². The van der Waals surface area contributed by atoms with E-state index >= 15 is 0 Å². The monoisotopic (exact) mass is 388 g/mol. The van der Waals surface area contributed by atoms with Gasteiger partial charge >= 0.3 is 0 Å². The minimum absolute atomic E-state index is 0.134. The summed E-state index contributed by atoms with van der Waals surface area (Å²) in [5.74, 6) is -0.221. The van der Waals surface area contributed by atoms with Crippen LogP contribution in [0.25, 0.3) is 11.3 Å². The molecule has 134 valence electrons. The molecular formula is C20H18Cl2N2O2. The van der Waals surface area contributed by atoms with Gasteiger partial charge in [-0.2, -0.15) is 0 Å². The van der Waals surface area contributed by atoms with E-state index < -0.39 is 0 Å². The quantitative estimate of drug-likeness (QED) is 0.679. The number of carbonyl (C=O) groups is 1. The van der Waals surface area contributed by atoms with Crippen molar-refractivity contribution in [1.82, 2.24) is 9.88 Å². The molecule has 1 heterocycles. The molecule has 2 N–H and O–H groups in total. The maximum Gasteiger partial charge on any atom is 0.251 e. The van der Waals surface area contributed by atoms with Crippen molar-refractivity contribution in [2.24, 2.45) is 7.05 Å². The Labute approximate surface area is 162 Å². The van der Waals surface area contributed by atoms with Gasteiger partial charge in [0.1, 0.15) is 0 Å². The van der Waals surface area contributed by atoms with E-state index in [4.69, 9.17) is 23.2 Å². The second-order valence-corrected chi connectivity index (χ2v) is 6.83. The number of hydrogen-bond acceptors (Lipinski definition) is 2. The Morgan fingerprint density at radius 3 is 2.54 bits per heavy atom. The normalized spacial score (nSPS) is 10.8. The van der Waals surface area contributed by atoms with E-state index in [1.165, 1.54) is 0 Å². The number of rotatable bonds is 5. The summed E-state index contributed by atoms with van der Waals surface area (Å²) in [4.78, 5) is 12.6. The summed E-state index contributed by atoms with van der Waals surface area (Å²) in [6.07, 6.45) is 1.94. The molecule has 0 atom stereocenters. The predicted molar refractivity (Wildman–Crippen MR) is 104 cm³/mol. The van der Waals surface area contributed by atoms with Crippen LogP contribution in [-0.4, -0.2) is 15.6 Å². The first-order chi connectivity index (χ1) is 12.5. The van der Waals surface area contributed by atoms with E-state index in [2.05, 4.69) is 5.32 Å². The zero-order valence-corrected chi connectivity index (χ0v) is 15.7. The number of amides is 1. The molecule has 0 radical (unpaired) electrons. The molecule has 6 heteroatoms. The summed E-state index contributed by atoms with van der Waals surface area (Å²) in [5.41, 5.74) is 3.88. The molecule has 0 fully saturated rings. The summed E-state index contributed by atoms with van der Waals surface area (Å²) < 4.78 is 1.97. The average molecular weight is 389 g/mol. The maximum atomic E-state index is 12.6. The number of nitrogens with one attached hydrogen (secondary N) is 1. The van der Waals surface area contributed by atoms with Crippen LogP contribution in [0.5, 0.6) is 0 Å². The molecule has 3 aromatic rings. The third-order valence-electron chi connectivity index (χ3n) is 4.11. The fourth-order valence-electron chi connectivity index (χ4n) is 2.76. The van der Waals surface area contributed by atoms with E-state index in [9.17, 15) is 9.90 Å². The summed E-state index contributed by atoms with van der Waals surface area (Å²) in [5, 5.41) is 13.3. The summed E-state index contributed by atoms with van der Waals surface area (Å²) in [6, 6.07) is 14.5. The number of carbonyl (C=O) groups excluding carboxylic acids is 1. The number of hydrogen-bond donors (Lipinski definition) is 2. The molecule has 26 heavy (non-hydrogen) atoms. The molecule has 0 saturated heterocycles. The lowest BCUT2D eigenvalue weighted by Gasteiger charge is -2.11. The molecular weight excluding hydrogens is 371 g/mol. The van der Waals surface area contributed by atoms with Gasteiger partial charge < -0.3 is 15.0 Å². The molecule has 0 saturated carbocycles. The van der Waals surface area contributed by atoms with Gasteiger partial charge in [0.15, 0.2) is 0 Å². The standard InChI is InChI=1S/C20H18Cl2N2O2/c1-24-6-2-3-19(24)15-7-14(12-25)8-16(10-15)20(26)23-11-13-4-5-17(21)18(22)9-13/h2-10,25H,11-12H2,1H3,(H,23,26). The van der Waals surface area contributed by atoms with Crippen molar-refractivity contribution in [3.05, 3.63) is 81.5 Å². The van der Waals surface area contributed by atoms with Crippen molar-refractivity contribution in [3.8, 4) is 11.3 Å². The van der Waals surface area contributed by atoms with Crippen LogP contribution in [0.15, 0.2) is 54.7 Å². The Bertz CT molecular complexity index is 951. The first-order valence-electron chi connectivity index (χ1n) is 8.06. The number of aryl methyl sites for hydroxylation is 1. The Kier molecular flexibility index (Phi) is 5.67. The molecule has 3 rings (SSSR count). The average Bonchev–Trinajstić information content (AvgIpc) is 3.08. The van der Waals surface area contributed by atoms with Crippen molar-refractivity contribution in [2.75, 3.05) is 0 Å². The highest BCUT2D eigenvalue weighted by Crippen LogP contribution is 2.24. The molecule has 0 aliphatic heterocycles. The van der Waals surface area contributed by atoms with Gasteiger partial charge in [0.05, 0.1) is 16.7 Å². The number of aliphatic hydroxyl groups excluding tert-OH is 1. The molecule has 0 spiro atoms. The van der Waals surface area contributed by atoms with E-state index in [0.29, 0.717) is 27.7 Å². The van der Waals surface area contributed by atoms with Gasteiger partial charge in [-0.05, 0) is 59.2 Å². The molecule has 2 aromatic carbocycles. The Hall–Kier alpha value is -2.27. The number of benzene rings is 2. The van der Waals surface area contributed by atoms with Crippen LogP contribution in [0, 0.1) is 0 Å². The van der Waals surface area contributed by atoms with Gasteiger partial charge in [-0.3, -0.25) is 4.79 Å². The van der Waals surface area contributed by atoms with E-state index in [1.54, 1.807) is 18.2 Å². The Morgan fingerprint density at radius 1 is 1.08 bits per heavy atom. The van der Waals surface area contributed by atoms with Crippen molar-refractivity contribution < 1.29 is 9.90 Å². The SMILES string of the molecule is Cn1cccc1-c1cc(CO)cc(C(=O)NCc2ccc(Cl)c(Cl)c2)c1. The zero-order chi connectivity index (χ0) is 18.7. The molecule has 4 nitrogen and oxygen atoms in total. The predicted octanol–water partition coefficient (Wildman–Crippen LogP) is 4.42. The smallest absolute Gasteiger partial charge is 0.251 e. The molecule has 0 aliphatic rings. The molecule has 0 bridgehead atoms. The first kappa shape index (κ1) is 18.5. The van der Waals surface area contributed by atoms with Crippen LogP contribution in [0.2, 0.25) is 10.0 Å². The topological polar surface area (TPSA) is 54.3 Å². The van der Waals surface area contributed by atoms with Crippen molar-refractivity contribution >= 4 is 29.1 Å². The fourth-order valence-corrected chi connectivity index (χ4v) is 3.08. The lowest BCUT2D eigenvalue weighted by molar-refractivity contribution is 0.0950. The lowest BCUT2D eigenvalue weighted by Crippen LogP contribution is -2.23. The maximum absolute atomic E-state index is 12.6. The van der Waals surface area contributed by atoms with Crippen molar-refractivity contribution in [3.63, 3.8) is 0 Å². The lowest BCUT2D eigenvalue weighted by atomic mass is 10.0. The van der Waals surface area contributed by atoms with Gasteiger partial charge in [-0.1, -0.05) is 29.3 Å². The third kappa shape index (κ3) is 4.10. The zero-order valence-electron chi connectivity index (χ0n) is 14.2. The molecule has 0 unspecified atom stereocenters. The highest BCUT2D eigenvalue weighted by atomic mass is 35.5. The largest absolute Gasteiger partial charge is 0.392 e. The van der Waals surface area contributed by atoms with Gasteiger partial charge in [0.2, 0.25) is 0 Å². The molecule has 1 amide bonds. The number of nitrogens with zero attached hydrogens (tertiary/aromatic N) is 1. The Morgan fingerprint density at radius 2 is 1.88 bits per heavy atom. The van der Waals surface area contributed by atoms with Crippen LogP contribution in [0.1, 0.15) is 21.5 Å². The third-order valence-corrected chi connectivity index (χ3v) is 4.85. The van der Waals surface area contributed by atoms with Crippen molar-refractivity contribution in [2.45, 2.75) is 13.2 Å². The first-order valence-corrected chi connectivity index (χ1v) is 8.82. The minimum atomic E-state index is -0.221.